The summed E-state index contributed by atoms with van der Waals surface area (Å²) in [6.45, 7) is 1.35. The summed E-state index contributed by atoms with van der Waals surface area (Å²) in [6.07, 6.45) is 4.34. The molecule has 0 amide bonds. The molecular formula is C13H15FN2OS. The van der Waals surface area contributed by atoms with Crippen LogP contribution in [0, 0.1) is 6.92 Å². The summed E-state index contributed by atoms with van der Waals surface area (Å²) in [6, 6.07) is 0. The number of hydrogen-bond acceptors (Lipinski definition) is 3. The number of fused-ring (bicyclic) bond motifs is 3. The molecule has 0 saturated carbocycles. The van der Waals surface area contributed by atoms with Crippen LogP contribution in [0.15, 0.2) is 4.79 Å². The van der Waals surface area contributed by atoms with Crippen molar-refractivity contribution in [3.05, 3.63) is 26.6 Å². The SMILES string of the molecule is Cc1nc2sc3c(c2c(=O)n1CCF)CCCC3. The topological polar surface area (TPSA) is 34.9 Å². The van der Waals surface area contributed by atoms with E-state index in [1.807, 2.05) is 0 Å². The van der Waals surface area contributed by atoms with Gasteiger partial charge in [0.05, 0.1) is 11.9 Å². The highest BCUT2D eigenvalue weighted by molar-refractivity contribution is 7.18. The number of rotatable bonds is 2. The molecule has 2 heterocycles. The van der Waals surface area contributed by atoms with Crippen molar-refractivity contribution in [2.24, 2.45) is 0 Å². The Morgan fingerprint density at radius 3 is 2.94 bits per heavy atom. The van der Waals surface area contributed by atoms with Crippen LogP contribution in [0.3, 0.4) is 0 Å². The molecule has 1 aliphatic carbocycles. The average Bonchev–Trinajstić information content (AvgIpc) is 2.72. The third-order valence-electron chi connectivity index (χ3n) is 3.57. The lowest BCUT2D eigenvalue weighted by molar-refractivity contribution is 0.435. The fourth-order valence-electron chi connectivity index (χ4n) is 2.69. The van der Waals surface area contributed by atoms with Gasteiger partial charge in [-0.25, -0.2) is 9.37 Å². The van der Waals surface area contributed by atoms with Crippen LogP contribution < -0.4 is 5.56 Å². The van der Waals surface area contributed by atoms with Gasteiger partial charge in [0.1, 0.15) is 17.3 Å². The second-order valence-corrected chi connectivity index (χ2v) is 5.78. The largest absolute Gasteiger partial charge is 0.294 e. The summed E-state index contributed by atoms with van der Waals surface area (Å²) < 4.78 is 14.0. The summed E-state index contributed by atoms with van der Waals surface area (Å²) in [7, 11) is 0. The average molecular weight is 266 g/mol. The van der Waals surface area contributed by atoms with Crippen molar-refractivity contribution >= 4 is 21.6 Å². The minimum absolute atomic E-state index is 0.0606. The molecule has 0 N–H and O–H groups in total. The summed E-state index contributed by atoms with van der Waals surface area (Å²) in [5, 5.41) is 0.744. The highest BCUT2D eigenvalue weighted by atomic mass is 32.1. The molecule has 0 spiro atoms. The third-order valence-corrected chi connectivity index (χ3v) is 4.76. The monoisotopic (exact) mass is 266 g/mol. The van der Waals surface area contributed by atoms with Crippen LogP contribution in [0.25, 0.3) is 10.2 Å². The Balaban J connectivity index is 2.32. The van der Waals surface area contributed by atoms with Gasteiger partial charge in [-0.3, -0.25) is 9.36 Å². The van der Waals surface area contributed by atoms with Gasteiger partial charge < -0.3 is 0 Å². The third kappa shape index (κ3) is 1.68. The first-order valence-corrected chi connectivity index (χ1v) is 7.11. The van der Waals surface area contributed by atoms with Crippen molar-refractivity contribution in [1.29, 1.82) is 0 Å². The van der Waals surface area contributed by atoms with Crippen molar-refractivity contribution in [3.8, 4) is 0 Å². The standard InChI is InChI=1S/C13H15FN2OS/c1-8-15-12-11(13(17)16(8)7-6-14)9-4-2-3-5-10(9)18-12/h2-7H2,1H3. The van der Waals surface area contributed by atoms with Crippen LogP contribution in [0.5, 0.6) is 0 Å². The zero-order valence-electron chi connectivity index (χ0n) is 10.3. The van der Waals surface area contributed by atoms with E-state index in [2.05, 4.69) is 4.98 Å². The van der Waals surface area contributed by atoms with Gasteiger partial charge in [-0.1, -0.05) is 0 Å². The molecule has 0 aromatic carbocycles. The van der Waals surface area contributed by atoms with Crippen molar-refractivity contribution in [1.82, 2.24) is 9.55 Å². The number of halogens is 1. The van der Waals surface area contributed by atoms with Gasteiger partial charge in [0, 0.05) is 4.88 Å². The maximum absolute atomic E-state index is 12.5. The number of nitrogens with zero attached hydrogens (tertiary/aromatic N) is 2. The Kier molecular flexibility index (Phi) is 2.93. The maximum Gasteiger partial charge on any atom is 0.262 e. The van der Waals surface area contributed by atoms with Crippen molar-refractivity contribution < 1.29 is 4.39 Å². The van der Waals surface area contributed by atoms with Gasteiger partial charge in [-0.15, -0.1) is 11.3 Å². The Labute approximate surface area is 108 Å². The number of thiophene rings is 1. The van der Waals surface area contributed by atoms with Crippen LogP contribution in [0.1, 0.15) is 29.1 Å². The molecule has 0 aliphatic heterocycles. The molecule has 0 bridgehead atoms. The number of aryl methyl sites for hydroxylation is 3. The van der Waals surface area contributed by atoms with E-state index in [9.17, 15) is 9.18 Å². The molecule has 2 aromatic rings. The lowest BCUT2D eigenvalue weighted by Gasteiger charge is -2.11. The molecule has 18 heavy (non-hydrogen) atoms. The molecule has 0 radical (unpaired) electrons. The normalized spacial score (nSPS) is 15.0. The van der Waals surface area contributed by atoms with E-state index in [0.717, 1.165) is 29.5 Å². The number of alkyl halides is 1. The molecular weight excluding hydrogens is 251 g/mol. The van der Waals surface area contributed by atoms with Gasteiger partial charge in [0.2, 0.25) is 0 Å². The summed E-state index contributed by atoms with van der Waals surface area (Å²) in [5.74, 6) is 0.615. The first kappa shape index (κ1) is 11.8. The number of aromatic nitrogens is 2. The molecule has 0 saturated heterocycles. The first-order chi connectivity index (χ1) is 8.72. The van der Waals surface area contributed by atoms with Crippen LogP contribution in [-0.4, -0.2) is 16.2 Å². The van der Waals surface area contributed by atoms with Gasteiger partial charge >= 0.3 is 0 Å². The van der Waals surface area contributed by atoms with E-state index in [-0.39, 0.29) is 12.1 Å². The Morgan fingerprint density at radius 2 is 2.17 bits per heavy atom. The van der Waals surface area contributed by atoms with Crippen molar-refractivity contribution in [2.75, 3.05) is 6.67 Å². The fraction of sp³-hybridized carbons (Fsp3) is 0.538. The Bertz CT molecular complexity index is 659. The molecule has 1 aliphatic rings. The highest BCUT2D eigenvalue weighted by Crippen LogP contribution is 2.33. The van der Waals surface area contributed by atoms with Gasteiger partial charge in [0.15, 0.2) is 0 Å². The van der Waals surface area contributed by atoms with Crippen LogP contribution >= 0.6 is 11.3 Å². The van der Waals surface area contributed by atoms with E-state index in [4.69, 9.17) is 0 Å². The second-order valence-electron chi connectivity index (χ2n) is 4.70. The van der Waals surface area contributed by atoms with Crippen molar-refractivity contribution in [2.45, 2.75) is 39.2 Å². The molecule has 2 aromatic heterocycles. The fourth-order valence-corrected chi connectivity index (χ4v) is 3.99. The minimum atomic E-state index is -0.528. The van der Waals surface area contributed by atoms with E-state index in [1.165, 1.54) is 21.4 Å². The predicted octanol–water partition coefficient (Wildman–Crippen LogP) is 2.61. The van der Waals surface area contributed by atoms with Crippen molar-refractivity contribution in [3.63, 3.8) is 0 Å². The smallest absolute Gasteiger partial charge is 0.262 e. The van der Waals surface area contributed by atoms with E-state index in [0.29, 0.717) is 5.82 Å². The molecule has 5 heteroatoms. The lowest BCUT2D eigenvalue weighted by Crippen LogP contribution is -2.25. The molecule has 3 nitrogen and oxygen atoms in total. The first-order valence-electron chi connectivity index (χ1n) is 6.30. The van der Waals surface area contributed by atoms with Crippen LogP contribution in [-0.2, 0) is 19.4 Å². The van der Waals surface area contributed by atoms with Gasteiger partial charge in [-0.05, 0) is 38.2 Å². The zero-order chi connectivity index (χ0) is 12.7. The molecule has 96 valence electrons. The summed E-state index contributed by atoms with van der Waals surface area (Å²) >= 11 is 1.64. The molecule has 0 atom stereocenters. The Hall–Kier alpha value is -1.23. The quantitative estimate of drug-likeness (QED) is 0.837. The van der Waals surface area contributed by atoms with Gasteiger partial charge in [0.25, 0.3) is 5.56 Å². The van der Waals surface area contributed by atoms with E-state index < -0.39 is 6.67 Å². The predicted molar refractivity (Wildman–Crippen MR) is 71.2 cm³/mol. The van der Waals surface area contributed by atoms with Crippen LogP contribution in [0.4, 0.5) is 4.39 Å². The highest BCUT2D eigenvalue weighted by Gasteiger charge is 2.20. The molecule has 0 fully saturated rings. The Morgan fingerprint density at radius 1 is 1.39 bits per heavy atom. The maximum atomic E-state index is 12.5. The minimum Gasteiger partial charge on any atom is -0.294 e. The summed E-state index contributed by atoms with van der Waals surface area (Å²) in [4.78, 5) is 19.0. The molecule has 3 rings (SSSR count). The zero-order valence-corrected chi connectivity index (χ0v) is 11.1. The number of hydrogen-bond donors (Lipinski definition) is 0. The van der Waals surface area contributed by atoms with Gasteiger partial charge in [-0.2, -0.15) is 0 Å². The summed E-state index contributed by atoms with van der Waals surface area (Å²) in [5.41, 5.74) is 1.11. The second kappa shape index (κ2) is 4.46. The lowest BCUT2D eigenvalue weighted by atomic mass is 9.97. The van der Waals surface area contributed by atoms with Crippen LogP contribution in [0.2, 0.25) is 0 Å². The van der Waals surface area contributed by atoms with E-state index in [1.54, 1.807) is 18.3 Å². The molecule has 0 unspecified atom stereocenters. The van der Waals surface area contributed by atoms with E-state index >= 15 is 0 Å².